The van der Waals surface area contributed by atoms with E-state index in [2.05, 4.69) is 9.82 Å². The first kappa shape index (κ1) is 17.8. The fourth-order valence-corrected chi connectivity index (χ4v) is 3.73. The fraction of sp³-hybridized carbons (Fsp3) is 0.438. The van der Waals surface area contributed by atoms with Gasteiger partial charge in [-0.2, -0.15) is 5.10 Å². The molecule has 0 amide bonds. The standard InChI is InChI=1S/C16H20FN3O4S/c1-2-24-16-4-3-13(9-14(16)17)25(21,22)19-6-7-20-15-5-8-23-11-12(15)10-18-20/h3-4,9-10,19H,2,5-8,11H2,1H3. The molecule has 0 aliphatic carbocycles. The number of fused-ring (bicyclic) bond motifs is 1. The first-order valence-corrected chi connectivity index (χ1v) is 9.53. The third-order valence-electron chi connectivity index (χ3n) is 3.91. The molecule has 0 fully saturated rings. The van der Waals surface area contributed by atoms with Gasteiger partial charge in [0.2, 0.25) is 10.0 Å². The molecule has 1 aliphatic heterocycles. The Morgan fingerprint density at radius 2 is 2.28 bits per heavy atom. The molecule has 0 saturated heterocycles. The summed E-state index contributed by atoms with van der Waals surface area (Å²) in [4.78, 5) is -0.135. The first-order valence-electron chi connectivity index (χ1n) is 8.04. The van der Waals surface area contributed by atoms with Gasteiger partial charge in [-0.05, 0) is 25.1 Å². The highest BCUT2D eigenvalue weighted by atomic mass is 32.2. The van der Waals surface area contributed by atoms with Crippen LogP contribution < -0.4 is 9.46 Å². The van der Waals surface area contributed by atoms with Crippen LogP contribution in [0.5, 0.6) is 5.75 Å². The van der Waals surface area contributed by atoms with Crippen molar-refractivity contribution in [3.05, 3.63) is 41.5 Å². The lowest BCUT2D eigenvalue weighted by Gasteiger charge is -2.15. The molecule has 0 radical (unpaired) electrons. The van der Waals surface area contributed by atoms with E-state index in [4.69, 9.17) is 9.47 Å². The number of hydrogen-bond donors (Lipinski definition) is 1. The molecule has 1 aromatic heterocycles. The molecule has 0 spiro atoms. The van der Waals surface area contributed by atoms with Crippen LogP contribution in [0.3, 0.4) is 0 Å². The third kappa shape index (κ3) is 4.00. The predicted octanol–water partition coefficient (Wildman–Crippen LogP) is 1.47. The molecule has 0 saturated carbocycles. The minimum absolute atomic E-state index is 0.0341. The molecule has 2 aromatic rings. The van der Waals surface area contributed by atoms with E-state index in [0.29, 0.717) is 26.4 Å². The molecule has 0 bridgehead atoms. The van der Waals surface area contributed by atoms with Crippen molar-refractivity contribution in [3.63, 3.8) is 0 Å². The lowest BCUT2D eigenvalue weighted by Crippen LogP contribution is -2.28. The van der Waals surface area contributed by atoms with Crippen LogP contribution in [-0.2, 0) is 34.3 Å². The zero-order valence-electron chi connectivity index (χ0n) is 13.9. The Hall–Kier alpha value is -1.97. The number of rotatable bonds is 7. The average molecular weight is 369 g/mol. The predicted molar refractivity (Wildman–Crippen MR) is 88.3 cm³/mol. The summed E-state index contributed by atoms with van der Waals surface area (Å²) in [6, 6.07) is 3.60. The number of benzene rings is 1. The van der Waals surface area contributed by atoms with Gasteiger partial charge in [-0.25, -0.2) is 17.5 Å². The summed E-state index contributed by atoms with van der Waals surface area (Å²) in [6.45, 7) is 3.76. The van der Waals surface area contributed by atoms with Gasteiger partial charge in [-0.1, -0.05) is 0 Å². The molecule has 0 atom stereocenters. The van der Waals surface area contributed by atoms with Gasteiger partial charge < -0.3 is 9.47 Å². The van der Waals surface area contributed by atoms with Gasteiger partial charge >= 0.3 is 0 Å². The zero-order valence-corrected chi connectivity index (χ0v) is 14.7. The Morgan fingerprint density at radius 3 is 3.04 bits per heavy atom. The first-order chi connectivity index (χ1) is 12.0. The van der Waals surface area contributed by atoms with Crippen molar-refractivity contribution in [3.8, 4) is 5.75 Å². The van der Waals surface area contributed by atoms with Gasteiger partial charge in [0.15, 0.2) is 11.6 Å². The lowest BCUT2D eigenvalue weighted by atomic mass is 10.2. The number of aromatic nitrogens is 2. The van der Waals surface area contributed by atoms with Gasteiger partial charge in [0.05, 0.1) is 37.5 Å². The summed E-state index contributed by atoms with van der Waals surface area (Å²) in [6.07, 6.45) is 2.50. The SMILES string of the molecule is CCOc1ccc(S(=O)(=O)NCCn2ncc3c2CCOC3)cc1F. The van der Waals surface area contributed by atoms with Crippen molar-refractivity contribution in [1.82, 2.24) is 14.5 Å². The zero-order chi connectivity index (χ0) is 17.9. The quantitative estimate of drug-likeness (QED) is 0.799. The summed E-state index contributed by atoms with van der Waals surface area (Å²) < 4.78 is 53.1. The molecule has 1 aliphatic rings. The van der Waals surface area contributed by atoms with Gasteiger partial charge in [-0.15, -0.1) is 0 Å². The van der Waals surface area contributed by atoms with Crippen molar-refractivity contribution in [1.29, 1.82) is 0 Å². The van der Waals surface area contributed by atoms with Crippen molar-refractivity contribution >= 4 is 10.0 Å². The Bertz CT molecular complexity index is 851. The molecule has 136 valence electrons. The number of ether oxygens (including phenoxy) is 2. The van der Waals surface area contributed by atoms with Crippen LogP contribution in [0.25, 0.3) is 0 Å². The third-order valence-corrected chi connectivity index (χ3v) is 5.36. The van der Waals surface area contributed by atoms with Gasteiger partial charge in [0.25, 0.3) is 0 Å². The topological polar surface area (TPSA) is 82.5 Å². The summed E-state index contributed by atoms with van der Waals surface area (Å²) in [5, 5.41) is 4.26. The Labute approximate surface area is 145 Å². The van der Waals surface area contributed by atoms with E-state index in [1.165, 1.54) is 12.1 Å². The highest BCUT2D eigenvalue weighted by Gasteiger charge is 2.18. The van der Waals surface area contributed by atoms with Crippen LogP contribution in [-0.4, -0.2) is 38.0 Å². The second-order valence-electron chi connectivity index (χ2n) is 5.57. The number of nitrogens with one attached hydrogen (secondary N) is 1. The number of hydrogen-bond acceptors (Lipinski definition) is 5. The van der Waals surface area contributed by atoms with E-state index >= 15 is 0 Å². The minimum Gasteiger partial charge on any atom is -0.491 e. The normalized spacial score (nSPS) is 14.3. The van der Waals surface area contributed by atoms with E-state index in [1.807, 2.05) is 0 Å². The van der Waals surface area contributed by atoms with Crippen LogP contribution in [0.2, 0.25) is 0 Å². The van der Waals surface area contributed by atoms with Gasteiger partial charge in [0, 0.05) is 24.2 Å². The molecular weight excluding hydrogens is 349 g/mol. The Kier molecular flexibility index (Phi) is 5.36. The maximum atomic E-state index is 13.9. The van der Waals surface area contributed by atoms with E-state index in [0.717, 1.165) is 23.7 Å². The molecular formula is C16H20FN3O4S. The highest BCUT2D eigenvalue weighted by Crippen LogP contribution is 2.21. The fourth-order valence-electron chi connectivity index (χ4n) is 2.69. The van der Waals surface area contributed by atoms with Crippen molar-refractivity contribution < 1.29 is 22.3 Å². The van der Waals surface area contributed by atoms with Gasteiger partial charge in [0.1, 0.15) is 0 Å². The van der Waals surface area contributed by atoms with Crippen LogP contribution in [0.15, 0.2) is 29.3 Å². The van der Waals surface area contributed by atoms with Crippen LogP contribution >= 0.6 is 0 Å². The maximum absolute atomic E-state index is 13.9. The average Bonchev–Trinajstić information content (AvgIpc) is 3.00. The summed E-state index contributed by atoms with van der Waals surface area (Å²) >= 11 is 0. The molecule has 2 heterocycles. The summed E-state index contributed by atoms with van der Waals surface area (Å²) in [5.74, 6) is -0.669. The van der Waals surface area contributed by atoms with E-state index in [9.17, 15) is 12.8 Å². The number of nitrogens with zero attached hydrogens (tertiary/aromatic N) is 2. The van der Waals surface area contributed by atoms with Crippen molar-refractivity contribution in [2.24, 2.45) is 0 Å². The molecule has 0 unspecified atom stereocenters. The van der Waals surface area contributed by atoms with Gasteiger partial charge in [-0.3, -0.25) is 4.68 Å². The van der Waals surface area contributed by atoms with Crippen molar-refractivity contribution in [2.75, 3.05) is 19.8 Å². The minimum atomic E-state index is -3.80. The largest absolute Gasteiger partial charge is 0.491 e. The molecule has 3 rings (SSSR count). The van der Waals surface area contributed by atoms with E-state index in [-0.39, 0.29) is 17.2 Å². The molecule has 9 heteroatoms. The van der Waals surface area contributed by atoms with Crippen LogP contribution in [0, 0.1) is 5.82 Å². The number of sulfonamides is 1. The second kappa shape index (κ2) is 7.51. The molecule has 1 aromatic carbocycles. The highest BCUT2D eigenvalue weighted by molar-refractivity contribution is 7.89. The van der Waals surface area contributed by atoms with Crippen LogP contribution in [0.1, 0.15) is 18.2 Å². The Morgan fingerprint density at radius 1 is 1.44 bits per heavy atom. The van der Waals surface area contributed by atoms with E-state index in [1.54, 1.807) is 17.8 Å². The summed E-state index contributed by atoms with van der Waals surface area (Å²) in [7, 11) is -3.80. The molecule has 1 N–H and O–H groups in total. The molecule has 7 nitrogen and oxygen atoms in total. The summed E-state index contributed by atoms with van der Waals surface area (Å²) in [5.41, 5.74) is 2.10. The molecule has 25 heavy (non-hydrogen) atoms. The maximum Gasteiger partial charge on any atom is 0.240 e. The Balaban J connectivity index is 1.64. The monoisotopic (exact) mass is 369 g/mol. The number of halogens is 1. The smallest absolute Gasteiger partial charge is 0.240 e. The van der Waals surface area contributed by atoms with Crippen molar-refractivity contribution in [2.45, 2.75) is 31.4 Å². The second-order valence-corrected chi connectivity index (χ2v) is 7.33. The lowest BCUT2D eigenvalue weighted by molar-refractivity contribution is 0.109. The van der Waals surface area contributed by atoms with Crippen LogP contribution in [0.4, 0.5) is 4.39 Å². The van der Waals surface area contributed by atoms with E-state index < -0.39 is 15.8 Å².